The molecule has 1 heterocycles. The van der Waals surface area contributed by atoms with Gasteiger partial charge >= 0.3 is 0 Å². The largest absolute Gasteiger partial charge is 0.444 e. The van der Waals surface area contributed by atoms with E-state index < -0.39 is 0 Å². The molecule has 0 radical (unpaired) electrons. The molecule has 19 heavy (non-hydrogen) atoms. The Kier molecular flexibility index (Phi) is 5.29. The van der Waals surface area contributed by atoms with E-state index in [1.54, 1.807) is 19.4 Å². The lowest BCUT2D eigenvalue weighted by Gasteiger charge is -2.00. The lowest BCUT2D eigenvalue weighted by atomic mass is 10.2. The highest BCUT2D eigenvalue weighted by Gasteiger charge is 2.10. The number of nitrogens with zero attached hydrogens (tertiary/aromatic N) is 1. The van der Waals surface area contributed by atoms with E-state index in [4.69, 9.17) is 9.15 Å². The Morgan fingerprint density at radius 1 is 1.47 bits per heavy atom. The van der Waals surface area contributed by atoms with Crippen LogP contribution < -0.4 is 5.32 Å². The summed E-state index contributed by atoms with van der Waals surface area (Å²) in [5, 5.41) is 3.18. The summed E-state index contributed by atoms with van der Waals surface area (Å²) in [4.78, 5) is 4.37. The van der Waals surface area contributed by atoms with Gasteiger partial charge < -0.3 is 14.5 Å². The van der Waals surface area contributed by atoms with Gasteiger partial charge in [-0.2, -0.15) is 0 Å². The van der Waals surface area contributed by atoms with Crippen LogP contribution in [0.3, 0.4) is 0 Å². The van der Waals surface area contributed by atoms with Gasteiger partial charge in [0.25, 0.3) is 0 Å². The van der Waals surface area contributed by atoms with Crippen LogP contribution in [-0.2, 0) is 11.3 Å². The fraction of sp³-hybridized carbons (Fsp3) is 0.308. The highest BCUT2D eigenvalue weighted by Crippen LogP contribution is 2.25. The molecule has 6 heteroatoms. The molecular formula is C13H14FIN2O2. The minimum atomic E-state index is -0.263. The zero-order chi connectivity index (χ0) is 13.7. The molecule has 0 saturated carbocycles. The molecule has 0 amide bonds. The van der Waals surface area contributed by atoms with E-state index in [9.17, 15) is 4.39 Å². The van der Waals surface area contributed by atoms with Crippen LogP contribution in [0.4, 0.5) is 4.39 Å². The van der Waals surface area contributed by atoms with E-state index in [0.717, 1.165) is 21.4 Å². The van der Waals surface area contributed by atoms with Gasteiger partial charge in [-0.05, 0) is 40.8 Å². The maximum atomic E-state index is 13.0. The van der Waals surface area contributed by atoms with Gasteiger partial charge in [0.2, 0.25) is 5.89 Å². The molecule has 0 saturated heterocycles. The van der Waals surface area contributed by atoms with Gasteiger partial charge in [0.1, 0.15) is 12.1 Å². The number of oxazole rings is 1. The second-order valence-corrected chi connectivity index (χ2v) is 5.10. The molecule has 4 nitrogen and oxygen atoms in total. The van der Waals surface area contributed by atoms with Crippen LogP contribution in [-0.4, -0.2) is 25.2 Å². The van der Waals surface area contributed by atoms with Crippen molar-refractivity contribution in [1.82, 2.24) is 10.3 Å². The number of benzene rings is 1. The van der Waals surface area contributed by atoms with E-state index in [0.29, 0.717) is 19.0 Å². The van der Waals surface area contributed by atoms with Gasteiger partial charge in [-0.15, -0.1) is 0 Å². The van der Waals surface area contributed by atoms with Crippen molar-refractivity contribution in [2.24, 2.45) is 0 Å². The molecule has 0 spiro atoms. The summed E-state index contributed by atoms with van der Waals surface area (Å²) >= 11 is 2.07. The molecule has 0 atom stereocenters. The first kappa shape index (κ1) is 14.4. The molecule has 1 aromatic carbocycles. The standard InChI is InChI=1S/C13H14FIN2O2/c1-18-5-4-16-7-10-8-19-13(17-10)11-3-2-9(14)6-12(11)15/h2-3,6,8,16H,4-5,7H2,1H3. The minimum Gasteiger partial charge on any atom is -0.444 e. The third kappa shape index (κ3) is 3.99. The molecule has 0 aliphatic heterocycles. The molecule has 0 unspecified atom stereocenters. The molecular weight excluding hydrogens is 362 g/mol. The maximum absolute atomic E-state index is 13.0. The first-order valence-corrected chi connectivity index (χ1v) is 6.88. The minimum absolute atomic E-state index is 0.263. The van der Waals surface area contributed by atoms with E-state index in [1.807, 2.05) is 0 Å². The Hall–Kier alpha value is -0.990. The van der Waals surface area contributed by atoms with E-state index >= 15 is 0 Å². The Morgan fingerprint density at radius 2 is 2.32 bits per heavy atom. The molecule has 102 valence electrons. The Bertz CT molecular complexity index is 545. The third-order valence-electron chi connectivity index (χ3n) is 2.50. The first-order chi connectivity index (χ1) is 9.20. The summed E-state index contributed by atoms with van der Waals surface area (Å²) in [6, 6.07) is 4.53. The predicted octanol–water partition coefficient (Wildman–Crippen LogP) is 2.82. The summed E-state index contributed by atoms with van der Waals surface area (Å²) in [6.45, 7) is 2.03. The number of hydrogen-bond acceptors (Lipinski definition) is 4. The first-order valence-electron chi connectivity index (χ1n) is 5.80. The highest BCUT2D eigenvalue weighted by atomic mass is 127. The Balaban J connectivity index is 2.04. The van der Waals surface area contributed by atoms with Crippen molar-refractivity contribution in [3.05, 3.63) is 39.5 Å². The zero-order valence-electron chi connectivity index (χ0n) is 10.5. The molecule has 1 aromatic heterocycles. The van der Waals surface area contributed by atoms with Gasteiger partial charge in [0.15, 0.2) is 0 Å². The summed E-state index contributed by atoms with van der Waals surface area (Å²) in [5.74, 6) is 0.245. The number of hydrogen-bond donors (Lipinski definition) is 1. The topological polar surface area (TPSA) is 47.3 Å². The lowest BCUT2D eigenvalue weighted by Crippen LogP contribution is -2.18. The zero-order valence-corrected chi connectivity index (χ0v) is 12.6. The smallest absolute Gasteiger partial charge is 0.227 e. The summed E-state index contributed by atoms with van der Waals surface area (Å²) < 4.78 is 24.2. The third-order valence-corrected chi connectivity index (χ3v) is 3.39. The van der Waals surface area contributed by atoms with Crippen molar-refractivity contribution in [2.45, 2.75) is 6.54 Å². The lowest BCUT2D eigenvalue weighted by molar-refractivity contribution is 0.199. The van der Waals surface area contributed by atoms with Crippen molar-refractivity contribution in [1.29, 1.82) is 0 Å². The van der Waals surface area contributed by atoms with Crippen molar-refractivity contribution in [3.8, 4) is 11.5 Å². The number of halogens is 2. The van der Waals surface area contributed by atoms with E-state index in [1.165, 1.54) is 12.1 Å². The molecule has 1 N–H and O–H groups in total. The predicted molar refractivity (Wildman–Crippen MR) is 78.2 cm³/mol. The Labute approximate surface area is 124 Å². The molecule has 0 aliphatic carbocycles. The summed E-state index contributed by atoms with van der Waals surface area (Å²) in [7, 11) is 1.66. The van der Waals surface area contributed by atoms with Crippen molar-refractivity contribution < 1.29 is 13.5 Å². The van der Waals surface area contributed by atoms with Crippen LogP contribution in [0.5, 0.6) is 0 Å². The molecule has 0 bridgehead atoms. The van der Waals surface area contributed by atoms with Gasteiger partial charge in [0, 0.05) is 23.8 Å². The molecule has 0 fully saturated rings. The molecule has 2 aromatic rings. The van der Waals surface area contributed by atoms with Crippen LogP contribution in [0, 0.1) is 9.39 Å². The highest BCUT2D eigenvalue weighted by molar-refractivity contribution is 14.1. The van der Waals surface area contributed by atoms with Crippen LogP contribution in [0.25, 0.3) is 11.5 Å². The van der Waals surface area contributed by atoms with Crippen LogP contribution >= 0.6 is 22.6 Å². The quantitative estimate of drug-likeness (QED) is 0.622. The van der Waals surface area contributed by atoms with Crippen molar-refractivity contribution in [3.63, 3.8) is 0 Å². The summed E-state index contributed by atoms with van der Waals surface area (Å²) in [5.41, 5.74) is 1.61. The maximum Gasteiger partial charge on any atom is 0.227 e. The molecule has 0 aliphatic rings. The van der Waals surface area contributed by atoms with Gasteiger partial charge in [-0.3, -0.25) is 0 Å². The number of methoxy groups -OCH3 is 1. The average Bonchev–Trinajstić information content (AvgIpc) is 2.83. The van der Waals surface area contributed by atoms with Crippen LogP contribution in [0.2, 0.25) is 0 Å². The van der Waals surface area contributed by atoms with E-state index in [-0.39, 0.29) is 5.82 Å². The van der Waals surface area contributed by atoms with Crippen molar-refractivity contribution in [2.75, 3.05) is 20.3 Å². The van der Waals surface area contributed by atoms with E-state index in [2.05, 4.69) is 32.9 Å². The normalized spacial score (nSPS) is 10.9. The number of ether oxygens (including phenoxy) is 1. The number of aromatic nitrogens is 1. The Morgan fingerprint density at radius 3 is 3.05 bits per heavy atom. The van der Waals surface area contributed by atoms with Gasteiger partial charge in [-0.25, -0.2) is 9.37 Å². The SMILES string of the molecule is COCCNCc1coc(-c2ccc(F)cc2I)n1. The molecule has 2 rings (SSSR count). The fourth-order valence-corrected chi connectivity index (χ4v) is 2.27. The second kappa shape index (κ2) is 6.97. The van der Waals surface area contributed by atoms with Gasteiger partial charge in [-0.1, -0.05) is 0 Å². The monoisotopic (exact) mass is 376 g/mol. The number of rotatable bonds is 6. The fourth-order valence-electron chi connectivity index (χ4n) is 1.57. The second-order valence-electron chi connectivity index (χ2n) is 3.94. The van der Waals surface area contributed by atoms with Crippen LogP contribution in [0.15, 0.2) is 28.9 Å². The number of nitrogens with one attached hydrogen (secondary N) is 1. The average molecular weight is 376 g/mol. The van der Waals surface area contributed by atoms with Crippen LogP contribution in [0.1, 0.15) is 5.69 Å². The summed E-state index contributed by atoms with van der Waals surface area (Å²) in [6.07, 6.45) is 1.61. The van der Waals surface area contributed by atoms with Crippen molar-refractivity contribution >= 4 is 22.6 Å². The van der Waals surface area contributed by atoms with Gasteiger partial charge in [0.05, 0.1) is 17.9 Å².